The van der Waals surface area contributed by atoms with Crippen molar-refractivity contribution in [2.45, 2.75) is 37.8 Å². The second-order valence-electron chi connectivity index (χ2n) is 5.67. The molecule has 9 heteroatoms. The molecule has 0 aromatic heterocycles. The molecule has 0 aromatic carbocycles. The van der Waals surface area contributed by atoms with Crippen molar-refractivity contribution in [2.75, 3.05) is 26.7 Å². The largest absolute Gasteiger partial charge is 0.483 e. The number of hydrogen-bond donors (Lipinski definition) is 3. The number of likely N-dealkylation sites (tertiary alicyclic amines) is 2. The Balaban J connectivity index is 0.000000816. The van der Waals surface area contributed by atoms with E-state index in [1.807, 2.05) is 0 Å². The highest BCUT2D eigenvalue weighted by Crippen LogP contribution is 2.16. The van der Waals surface area contributed by atoms with E-state index in [4.69, 9.17) is 15.0 Å². The average molecular weight is 329 g/mol. The summed E-state index contributed by atoms with van der Waals surface area (Å²) in [5.41, 5.74) is 0. The Kier molecular flexibility index (Phi) is 7.46. The monoisotopic (exact) mass is 329 g/mol. The van der Waals surface area contributed by atoms with Crippen LogP contribution in [0.1, 0.15) is 25.7 Å². The minimum absolute atomic E-state index is 0.0263. The standard InChI is InChI=1S/C13H21N3O4.CH2O2/c1-15-7-9(6-10(15)13(19)20)14-11(17)8-16-5-3-2-4-12(16)18;2-1-3/h9-10H,2-8H2,1H3,(H,14,17)(H,19,20);1H,(H,2,3)/t9-,10+;/m1./s1. The van der Waals surface area contributed by atoms with Crippen LogP contribution in [0.4, 0.5) is 0 Å². The third-order valence-electron chi connectivity index (χ3n) is 3.95. The maximum absolute atomic E-state index is 11.9. The minimum Gasteiger partial charge on any atom is -0.483 e. The first kappa shape index (κ1) is 18.9. The molecule has 2 aliphatic rings. The zero-order valence-corrected chi connectivity index (χ0v) is 13.1. The lowest BCUT2D eigenvalue weighted by atomic mass is 10.1. The summed E-state index contributed by atoms with van der Waals surface area (Å²) >= 11 is 0. The molecule has 0 spiro atoms. The number of rotatable bonds is 4. The fourth-order valence-electron chi connectivity index (χ4n) is 2.87. The first-order chi connectivity index (χ1) is 10.9. The first-order valence-electron chi connectivity index (χ1n) is 7.47. The van der Waals surface area contributed by atoms with E-state index in [0.29, 0.717) is 25.9 Å². The average Bonchev–Trinajstić information content (AvgIpc) is 2.83. The molecule has 3 N–H and O–H groups in total. The summed E-state index contributed by atoms with van der Waals surface area (Å²) < 4.78 is 0. The number of amides is 2. The molecule has 2 atom stereocenters. The molecule has 0 radical (unpaired) electrons. The smallest absolute Gasteiger partial charge is 0.320 e. The summed E-state index contributed by atoms with van der Waals surface area (Å²) in [7, 11) is 1.74. The van der Waals surface area contributed by atoms with Crippen molar-refractivity contribution in [2.24, 2.45) is 0 Å². The molecule has 2 saturated heterocycles. The molecule has 0 saturated carbocycles. The zero-order valence-electron chi connectivity index (χ0n) is 13.1. The van der Waals surface area contributed by atoms with Gasteiger partial charge >= 0.3 is 5.97 Å². The summed E-state index contributed by atoms with van der Waals surface area (Å²) in [6.07, 6.45) is 2.75. The second-order valence-corrected chi connectivity index (χ2v) is 5.67. The van der Waals surface area contributed by atoms with Crippen LogP contribution in [-0.4, -0.2) is 83.0 Å². The van der Waals surface area contributed by atoms with E-state index in [-0.39, 0.29) is 30.9 Å². The number of carbonyl (C=O) groups is 4. The van der Waals surface area contributed by atoms with E-state index in [1.54, 1.807) is 16.8 Å². The van der Waals surface area contributed by atoms with Crippen LogP contribution in [0.2, 0.25) is 0 Å². The second kappa shape index (κ2) is 9.09. The summed E-state index contributed by atoms with van der Waals surface area (Å²) in [4.78, 5) is 46.2. The SMILES string of the molecule is CN1C[C@H](NC(=O)CN2CCCCC2=O)C[C@H]1C(=O)O.O=CO. The van der Waals surface area contributed by atoms with Crippen molar-refractivity contribution >= 4 is 24.3 Å². The van der Waals surface area contributed by atoms with Gasteiger partial charge in [0.25, 0.3) is 6.47 Å². The van der Waals surface area contributed by atoms with Gasteiger partial charge in [-0.05, 0) is 26.3 Å². The third kappa shape index (κ3) is 5.85. The quantitative estimate of drug-likeness (QED) is 0.563. The molecule has 0 unspecified atom stereocenters. The van der Waals surface area contributed by atoms with E-state index in [1.165, 1.54) is 0 Å². The molecule has 2 amide bonds. The van der Waals surface area contributed by atoms with Gasteiger partial charge in [0.1, 0.15) is 6.04 Å². The molecule has 2 rings (SSSR count). The number of carboxylic acids is 1. The number of carbonyl (C=O) groups excluding carboxylic acids is 2. The fourth-order valence-corrected chi connectivity index (χ4v) is 2.87. The third-order valence-corrected chi connectivity index (χ3v) is 3.95. The van der Waals surface area contributed by atoms with Gasteiger partial charge in [0, 0.05) is 25.6 Å². The lowest BCUT2D eigenvalue weighted by Gasteiger charge is -2.26. The fraction of sp³-hybridized carbons (Fsp3) is 0.714. The van der Waals surface area contributed by atoms with E-state index >= 15 is 0 Å². The van der Waals surface area contributed by atoms with Crippen LogP contribution in [0.5, 0.6) is 0 Å². The predicted octanol–water partition coefficient (Wildman–Crippen LogP) is -1.03. The van der Waals surface area contributed by atoms with Crippen molar-refractivity contribution in [3.63, 3.8) is 0 Å². The first-order valence-corrected chi connectivity index (χ1v) is 7.47. The van der Waals surface area contributed by atoms with Gasteiger partial charge in [-0.1, -0.05) is 0 Å². The van der Waals surface area contributed by atoms with Crippen LogP contribution in [0.25, 0.3) is 0 Å². The van der Waals surface area contributed by atoms with Crippen molar-refractivity contribution in [3.05, 3.63) is 0 Å². The molecule has 130 valence electrons. The lowest BCUT2D eigenvalue weighted by Crippen LogP contribution is -2.46. The molecule has 0 aromatic rings. The Morgan fingerprint density at radius 3 is 2.57 bits per heavy atom. The van der Waals surface area contributed by atoms with E-state index in [9.17, 15) is 14.4 Å². The molecule has 0 aliphatic carbocycles. The van der Waals surface area contributed by atoms with Crippen LogP contribution in [0.3, 0.4) is 0 Å². The van der Waals surface area contributed by atoms with Gasteiger partial charge in [0.05, 0.1) is 6.54 Å². The summed E-state index contributed by atoms with van der Waals surface area (Å²) in [5, 5.41) is 18.7. The van der Waals surface area contributed by atoms with E-state index in [0.717, 1.165) is 12.8 Å². The Bertz CT molecular complexity index is 456. The van der Waals surface area contributed by atoms with Crippen molar-refractivity contribution in [1.82, 2.24) is 15.1 Å². The van der Waals surface area contributed by atoms with Gasteiger partial charge in [0.2, 0.25) is 11.8 Å². The summed E-state index contributed by atoms with van der Waals surface area (Å²) in [6, 6.07) is -0.703. The lowest BCUT2D eigenvalue weighted by molar-refractivity contribution is -0.141. The van der Waals surface area contributed by atoms with E-state index in [2.05, 4.69) is 5.32 Å². The number of hydrogen-bond acceptors (Lipinski definition) is 5. The van der Waals surface area contributed by atoms with Crippen molar-refractivity contribution in [3.8, 4) is 0 Å². The molecule has 9 nitrogen and oxygen atoms in total. The molecule has 0 bridgehead atoms. The number of piperidine rings is 1. The van der Waals surface area contributed by atoms with Gasteiger partial charge < -0.3 is 20.4 Å². The minimum atomic E-state index is -0.865. The molecule has 23 heavy (non-hydrogen) atoms. The highest BCUT2D eigenvalue weighted by molar-refractivity contribution is 5.85. The van der Waals surface area contributed by atoms with Gasteiger partial charge in [-0.25, -0.2) is 0 Å². The maximum atomic E-state index is 11.9. The highest BCUT2D eigenvalue weighted by Gasteiger charge is 2.35. The van der Waals surface area contributed by atoms with Crippen molar-refractivity contribution in [1.29, 1.82) is 0 Å². The van der Waals surface area contributed by atoms with Gasteiger partial charge in [-0.3, -0.25) is 24.1 Å². The predicted molar refractivity (Wildman–Crippen MR) is 79.7 cm³/mol. The summed E-state index contributed by atoms with van der Waals surface area (Å²) in [6.45, 7) is 0.988. The highest BCUT2D eigenvalue weighted by atomic mass is 16.4. The van der Waals surface area contributed by atoms with Crippen LogP contribution in [0, 0.1) is 0 Å². The van der Waals surface area contributed by atoms with Gasteiger partial charge in [-0.15, -0.1) is 0 Å². The normalized spacial score (nSPS) is 24.6. The molecule has 2 aliphatic heterocycles. The van der Waals surface area contributed by atoms with Crippen LogP contribution in [-0.2, 0) is 19.2 Å². The molecular formula is C14H23N3O6. The van der Waals surface area contributed by atoms with E-state index < -0.39 is 12.0 Å². The van der Waals surface area contributed by atoms with Gasteiger partial charge in [-0.2, -0.15) is 0 Å². The number of aliphatic carboxylic acids is 1. The Hall–Kier alpha value is -2.16. The van der Waals surface area contributed by atoms with Crippen molar-refractivity contribution < 1.29 is 29.4 Å². The Morgan fingerprint density at radius 1 is 1.39 bits per heavy atom. The summed E-state index contributed by atoms with van der Waals surface area (Å²) in [5.74, 6) is -1.04. The topological polar surface area (TPSA) is 127 Å². The zero-order chi connectivity index (χ0) is 17.4. The van der Waals surface area contributed by atoms with Crippen LogP contribution in [0.15, 0.2) is 0 Å². The van der Waals surface area contributed by atoms with Crippen LogP contribution >= 0.6 is 0 Å². The Morgan fingerprint density at radius 2 is 2.04 bits per heavy atom. The Labute approximate surface area is 134 Å². The van der Waals surface area contributed by atoms with Crippen LogP contribution < -0.4 is 5.32 Å². The number of nitrogens with one attached hydrogen (secondary N) is 1. The van der Waals surface area contributed by atoms with Gasteiger partial charge in [0.15, 0.2) is 0 Å². The number of nitrogens with zero attached hydrogens (tertiary/aromatic N) is 2. The maximum Gasteiger partial charge on any atom is 0.320 e. The molecular weight excluding hydrogens is 306 g/mol. The number of likely N-dealkylation sites (N-methyl/N-ethyl adjacent to an activating group) is 1. The number of carboxylic acid groups (broad SMARTS) is 2. The molecule has 2 fully saturated rings. The molecule has 2 heterocycles.